The minimum absolute atomic E-state index is 0.197. The second-order valence-corrected chi connectivity index (χ2v) is 9.89. The number of benzene rings is 1. The van der Waals surface area contributed by atoms with Gasteiger partial charge in [-0.2, -0.15) is 0 Å². The summed E-state index contributed by atoms with van der Waals surface area (Å²) in [5.41, 5.74) is 8.12. The van der Waals surface area contributed by atoms with Gasteiger partial charge >= 0.3 is 6.09 Å². The van der Waals surface area contributed by atoms with Crippen molar-refractivity contribution in [3.8, 4) is 11.1 Å². The summed E-state index contributed by atoms with van der Waals surface area (Å²) in [6.07, 6.45) is 3.51. The van der Waals surface area contributed by atoms with Crippen molar-refractivity contribution in [3.63, 3.8) is 0 Å². The number of aromatic nitrogens is 4. The van der Waals surface area contributed by atoms with Gasteiger partial charge in [0.2, 0.25) is 6.23 Å². The second kappa shape index (κ2) is 6.99. The summed E-state index contributed by atoms with van der Waals surface area (Å²) in [7, 11) is 0. The summed E-state index contributed by atoms with van der Waals surface area (Å²) < 4.78 is 33.4. The molecule has 4 heterocycles. The van der Waals surface area contributed by atoms with E-state index in [4.69, 9.17) is 10.5 Å². The SMILES string of the molecule is N[C@]1(c2ccc(-c3ccc(N4CC(n5ccnn5)OC4=O)cc3F)cn2)[C@@H]2C[S+]([O-])C[C@@H]21. The third kappa shape index (κ3) is 2.92. The number of carbonyl (C=O) groups is 1. The Kier molecular flexibility index (Phi) is 4.29. The first kappa shape index (κ1) is 19.6. The van der Waals surface area contributed by atoms with Crippen LogP contribution >= 0.6 is 0 Å². The van der Waals surface area contributed by atoms with E-state index >= 15 is 0 Å². The largest absolute Gasteiger partial charge is 0.616 e. The van der Waals surface area contributed by atoms with Crippen LogP contribution in [0.3, 0.4) is 0 Å². The van der Waals surface area contributed by atoms with Gasteiger partial charge in [0.1, 0.15) is 17.3 Å². The van der Waals surface area contributed by atoms with Gasteiger partial charge < -0.3 is 15.0 Å². The van der Waals surface area contributed by atoms with Gasteiger partial charge in [0.05, 0.1) is 29.7 Å². The van der Waals surface area contributed by atoms with Crippen LogP contribution in [0.25, 0.3) is 11.1 Å². The molecular weight excluding hydrogens is 435 g/mol. The highest BCUT2D eigenvalue weighted by Crippen LogP contribution is 2.60. The van der Waals surface area contributed by atoms with Gasteiger partial charge in [-0.15, -0.1) is 5.10 Å². The fourth-order valence-electron chi connectivity index (χ4n) is 4.80. The molecular formula is C21H19FN6O3S. The van der Waals surface area contributed by atoms with Crippen LogP contribution in [0.1, 0.15) is 11.9 Å². The molecule has 2 aliphatic heterocycles. The van der Waals surface area contributed by atoms with Crippen LogP contribution in [0.4, 0.5) is 14.9 Å². The molecule has 164 valence electrons. The zero-order chi connectivity index (χ0) is 22.0. The van der Waals surface area contributed by atoms with Gasteiger partial charge in [0.25, 0.3) is 0 Å². The summed E-state index contributed by atoms with van der Waals surface area (Å²) in [6, 6.07) is 8.21. The molecule has 1 saturated carbocycles. The molecule has 32 heavy (non-hydrogen) atoms. The molecule has 2 N–H and O–H groups in total. The minimum Gasteiger partial charge on any atom is -0.616 e. The molecule has 3 aromatic rings. The highest BCUT2D eigenvalue weighted by atomic mass is 32.2. The zero-order valence-electron chi connectivity index (χ0n) is 16.8. The zero-order valence-corrected chi connectivity index (χ0v) is 17.6. The summed E-state index contributed by atoms with van der Waals surface area (Å²) in [5, 5.41) is 7.55. The first-order valence-corrected chi connectivity index (χ1v) is 11.7. The van der Waals surface area contributed by atoms with Crippen LogP contribution < -0.4 is 10.6 Å². The average molecular weight is 454 g/mol. The highest BCUT2D eigenvalue weighted by Gasteiger charge is 2.71. The summed E-state index contributed by atoms with van der Waals surface area (Å²) in [6.45, 7) is 0.197. The summed E-state index contributed by atoms with van der Waals surface area (Å²) >= 11 is -0.780. The third-order valence-electron chi connectivity index (χ3n) is 6.65. The lowest BCUT2D eigenvalue weighted by atomic mass is 10.0. The number of rotatable bonds is 4. The van der Waals surface area contributed by atoms with Gasteiger partial charge in [0, 0.05) is 35.4 Å². The number of amides is 1. The molecule has 11 heteroatoms. The van der Waals surface area contributed by atoms with E-state index in [1.807, 2.05) is 6.07 Å². The Hall–Kier alpha value is -3.02. The predicted molar refractivity (Wildman–Crippen MR) is 113 cm³/mol. The number of fused-ring (bicyclic) bond motifs is 1. The van der Waals surface area contributed by atoms with Crippen LogP contribution in [-0.2, 0) is 21.5 Å². The quantitative estimate of drug-likeness (QED) is 0.597. The molecule has 3 aliphatic rings. The van der Waals surface area contributed by atoms with E-state index in [0.717, 1.165) is 5.69 Å². The standard InChI is InChI=1S/C21H19FN6O3S/c22-17-7-13(27-9-19(31-20(27)29)28-6-5-25-26-28)2-3-14(17)12-1-4-18(24-8-12)21(23)15-10-32(30)11-16(15)21/h1-8,15-16,19H,9-11,23H2/t15-,16+,19?,21-,32?. The Balaban J connectivity index is 1.21. The van der Waals surface area contributed by atoms with Gasteiger partial charge in [-0.3, -0.25) is 9.88 Å². The molecule has 1 aromatic carbocycles. The highest BCUT2D eigenvalue weighted by molar-refractivity contribution is 7.91. The number of nitrogens with two attached hydrogens (primary N) is 1. The first-order chi connectivity index (χ1) is 15.4. The van der Waals surface area contributed by atoms with Crippen molar-refractivity contribution >= 4 is 23.0 Å². The number of halogens is 1. The first-order valence-electron chi connectivity index (χ1n) is 10.2. The Morgan fingerprint density at radius 1 is 1.25 bits per heavy atom. The van der Waals surface area contributed by atoms with Crippen LogP contribution in [0.2, 0.25) is 0 Å². The maximum Gasteiger partial charge on any atom is 0.416 e. The number of pyridine rings is 1. The number of anilines is 1. The number of ether oxygens (including phenoxy) is 1. The maximum atomic E-state index is 15.0. The Morgan fingerprint density at radius 2 is 2.06 bits per heavy atom. The second-order valence-electron chi connectivity index (χ2n) is 8.35. The molecule has 0 radical (unpaired) electrons. The number of nitrogens with zero attached hydrogens (tertiary/aromatic N) is 5. The molecule has 1 aliphatic carbocycles. The van der Waals surface area contributed by atoms with Crippen molar-refractivity contribution in [1.82, 2.24) is 20.0 Å². The fraction of sp³-hybridized carbons (Fsp3) is 0.333. The van der Waals surface area contributed by atoms with Gasteiger partial charge in [0.15, 0.2) is 0 Å². The number of cyclic esters (lactones) is 1. The van der Waals surface area contributed by atoms with E-state index in [2.05, 4.69) is 15.3 Å². The topological polar surface area (TPSA) is 122 Å². The van der Waals surface area contributed by atoms with Crippen molar-refractivity contribution < 1.29 is 18.5 Å². The molecule has 3 fully saturated rings. The monoisotopic (exact) mass is 454 g/mol. The lowest BCUT2D eigenvalue weighted by Crippen LogP contribution is -2.31. The van der Waals surface area contributed by atoms with Crippen LogP contribution in [0.5, 0.6) is 0 Å². The minimum atomic E-state index is -0.780. The fourth-order valence-corrected chi connectivity index (χ4v) is 6.76. The van der Waals surface area contributed by atoms with E-state index in [1.54, 1.807) is 30.6 Å². The lowest BCUT2D eigenvalue weighted by Gasteiger charge is -2.17. The molecule has 1 amide bonds. The molecule has 0 bridgehead atoms. The predicted octanol–water partition coefficient (Wildman–Crippen LogP) is 1.80. The van der Waals surface area contributed by atoms with Crippen molar-refractivity contribution in [3.05, 3.63) is 60.4 Å². The average Bonchev–Trinajstić information content (AvgIpc) is 3.34. The molecule has 9 nitrogen and oxygen atoms in total. The molecule has 2 aromatic heterocycles. The van der Waals surface area contributed by atoms with Crippen molar-refractivity contribution in [2.24, 2.45) is 17.6 Å². The number of hydrogen-bond acceptors (Lipinski definition) is 7. The van der Waals surface area contributed by atoms with Gasteiger partial charge in [-0.1, -0.05) is 22.5 Å². The molecule has 2 saturated heterocycles. The van der Waals surface area contributed by atoms with Crippen LogP contribution in [0, 0.1) is 17.7 Å². The Labute approximate surface area is 185 Å². The van der Waals surface area contributed by atoms with E-state index in [9.17, 15) is 13.7 Å². The normalized spacial score (nSPS) is 31.0. The van der Waals surface area contributed by atoms with Crippen molar-refractivity contribution in [2.75, 3.05) is 23.0 Å². The smallest absolute Gasteiger partial charge is 0.416 e. The van der Waals surface area contributed by atoms with Crippen LogP contribution in [-0.4, -0.2) is 48.7 Å². The molecule has 2 unspecified atom stereocenters. The third-order valence-corrected chi connectivity index (χ3v) is 8.11. The Bertz CT molecular complexity index is 1180. The molecule has 0 spiro atoms. The van der Waals surface area contributed by atoms with Crippen LogP contribution in [0.15, 0.2) is 48.9 Å². The van der Waals surface area contributed by atoms with E-state index < -0.39 is 34.9 Å². The molecule has 5 atom stereocenters. The Morgan fingerprint density at radius 3 is 2.72 bits per heavy atom. The van der Waals surface area contributed by atoms with Gasteiger partial charge in [-0.05, 0) is 24.3 Å². The summed E-state index contributed by atoms with van der Waals surface area (Å²) in [4.78, 5) is 18.1. The van der Waals surface area contributed by atoms with E-state index in [1.165, 1.54) is 21.8 Å². The molecule has 6 rings (SSSR count). The van der Waals surface area contributed by atoms with Crippen molar-refractivity contribution in [2.45, 2.75) is 11.8 Å². The maximum absolute atomic E-state index is 15.0. The van der Waals surface area contributed by atoms with E-state index in [0.29, 0.717) is 28.3 Å². The lowest BCUT2D eigenvalue weighted by molar-refractivity contribution is 0.0922. The van der Waals surface area contributed by atoms with Gasteiger partial charge in [-0.25, -0.2) is 13.9 Å². The number of hydrogen-bond donors (Lipinski definition) is 1. The number of carbonyl (C=O) groups excluding carboxylic acids is 1. The summed E-state index contributed by atoms with van der Waals surface area (Å²) in [5.74, 6) is 1.18. The van der Waals surface area contributed by atoms with E-state index in [-0.39, 0.29) is 18.4 Å². The van der Waals surface area contributed by atoms with Crippen molar-refractivity contribution in [1.29, 1.82) is 0 Å².